The van der Waals surface area contributed by atoms with Crippen molar-refractivity contribution in [2.24, 2.45) is 11.1 Å². The van der Waals surface area contributed by atoms with Crippen LogP contribution in [-0.2, 0) is 11.3 Å². The van der Waals surface area contributed by atoms with Crippen LogP contribution in [0.25, 0.3) is 11.6 Å². The lowest BCUT2D eigenvalue weighted by atomic mass is 9.77. The van der Waals surface area contributed by atoms with Crippen molar-refractivity contribution in [1.82, 2.24) is 9.78 Å². The average Bonchev–Trinajstić information content (AvgIpc) is 2.90. The van der Waals surface area contributed by atoms with Crippen LogP contribution in [0.2, 0.25) is 0 Å². The third-order valence-corrected chi connectivity index (χ3v) is 3.94. The monoisotopic (exact) mass is 271 g/mol. The molecule has 0 saturated heterocycles. The van der Waals surface area contributed by atoms with Gasteiger partial charge in [0.1, 0.15) is 5.76 Å². The molecule has 20 heavy (non-hydrogen) atoms. The molecule has 4 nitrogen and oxygen atoms in total. The van der Waals surface area contributed by atoms with Gasteiger partial charge in [-0.25, -0.2) is 0 Å². The molecule has 0 bridgehead atoms. The predicted molar refractivity (Wildman–Crippen MR) is 80.0 cm³/mol. The van der Waals surface area contributed by atoms with E-state index in [1.807, 2.05) is 17.8 Å². The van der Waals surface area contributed by atoms with Crippen molar-refractivity contribution >= 4 is 11.6 Å². The van der Waals surface area contributed by atoms with Crippen LogP contribution in [0.4, 0.5) is 0 Å². The molecule has 2 aliphatic rings. The summed E-state index contributed by atoms with van der Waals surface area (Å²) in [6.45, 7) is 7.16. The minimum atomic E-state index is -0.0126. The summed E-state index contributed by atoms with van der Waals surface area (Å²) in [5.74, 6) is 0.919. The van der Waals surface area contributed by atoms with Gasteiger partial charge in [-0.05, 0) is 24.6 Å². The van der Waals surface area contributed by atoms with Gasteiger partial charge in [-0.15, -0.1) is 0 Å². The van der Waals surface area contributed by atoms with Gasteiger partial charge in [0.05, 0.1) is 25.2 Å². The van der Waals surface area contributed by atoms with Crippen molar-refractivity contribution in [2.75, 3.05) is 7.11 Å². The molecule has 0 saturated carbocycles. The fourth-order valence-corrected chi connectivity index (χ4v) is 3.04. The van der Waals surface area contributed by atoms with Gasteiger partial charge >= 0.3 is 0 Å². The van der Waals surface area contributed by atoms with E-state index in [0.29, 0.717) is 0 Å². The highest BCUT2D eigenvalue weighted by Gasteiger charge is 2.32. The topological polar surface area (TPSA) is 53.1 Å². The fourth-order valence-electron chi connectivity index (χ4n) is 3.04. The molecule has 0 fully saturated rings. The maximum atomic E-state index is 5.90. The molecule has 4 heteroatoms. The molecule has 2 aliphatic carbocycles. The number of nitrogens with two attached hydrogens (primary N) is 1. The van der Waals surface area contributed by atoms with Gasteiger partial charge in [0.25, 0.3) is 0 Å². The summed E-state index contributed by atoms with van der Waals surface area (Å²) < 4.78 is 7.49. The molecule has 106 valence electrons. The lowest BCUT2D eigenvalue weighted by molar-refractivity contribution is 0.302. The third-order valence-electron chi connectivity index (χ3n) is 3.94. The molecule has 0 aliphatic heterocycles. The number of rotatable bonds is 3. The Bertz CT molecular complexity index is 732. The Balaban J connectivity index is 2.27. The zero-order chi connectivity index (χ0) is 14.5. The Kier molecular flexibility index (Phi) is 2.87. The summed E-state index contributed by atoms with van der Waals surface area (Å²) >= 11 is 0. The Morgan fingerprint density at radius 1 is 1.45 bits per heavy atom. The minimum Gasteiger partial charge on any atom is -0.496 e. The van der Waals surface area contributed by atoms with Crippen LogP contribution >= 0.6 is 0 Å². The quantitative estimate of drug-likeness (QED) is 0.879. The Labute approximate surface area is 118 Å². The number of allylic oxidation sites excluding steroid dienone is 3. The molecule has 0 spiro atoms. The summed E-state index contributed by atoms with van der Waals surface area (Å²) in [4.78, 5) is 0. The number of methoxy groups -OCH3 is 1. The highest BCUT2D eigenvalue weighted by Crippen LogP contribution is 2.41. The van der Waals surface area contributed by atoms with Crippen LogP contribution in [0.1, 0.15) is 20.8 Å². The highest BCUT2D eigenvalue weighted by molar-refractivity contribution is 5.87. The lowest BCUT2D eigenvalue weighted by Crippen LogP contribution is -2.34. The number of aromatic nitrogens is 2. The smallest absolute Gasteiger partial charge is 0.126 e. The Morgan fingerprint density at radius 2 is 2.20 bits per heavy atom. The van der Waals surface area contributed by atoms with Crippen LogP contribution < -0.4 is 16.3 Å². The van der Waals surface area contributed by atoms with Crippen LogP contribution in [-0.4, -0.2) is 22.9 Å². The van der Waals surface area contributed by atoms with Gasteiger partial charge in [0.15, 0.2) is 0 Å². The summed E-state index contributed by atoms with van der Waals surface area (Å²) in [6.07, 6.45) is 8.37. The van der Waals surface area contributed by atoms with Crippen molar-refractivity contribution in [2.45, 2.75) is 33.4 Å². The fraction of sp³-hybridized carbons (Fsp3) is 0.438. The molecule has 1 atom stereocenters. The molecule has 1 heterocycles. The molecular formula is C16H21N3O. The largest absolute Gasteiger partial charge is 0.496 e. The number of ether oxygens (including phenoxy) is 1. The van der Waals surface area contributed by atoms with Crippen molar-refractivity contribution in [3.05, 3.63) is 40.2 Å². The average molecular weight is 271 g/mol. The van der Waals surface area contributed by atoms with Crippen molar-refractivity contribution in [3.8, 4) is 0 Å². The molecule has 0 radical (unpaired) electrons. The van der Waals surface area contributed by atoms with E-state index in [1.54, 1.807) is 7.11 Å². The first-order valence-corrected chi connectivity index (χ1v) is 6.96. The van der Waals surface area contributed by atoms with E-state index in [-0.39, 0.29) is 11.5 Å². The van der Waals surface area contributed by atoms with Gasteiger partial charge in [0, 0.05) is 22.2 Å². The summed E-state index contributed by atoms with van der Waals surface area (Å²) in [6, 6.07) is 0.0852. The molecule has 2 N–H and O–H groups in total. The summed E-state index contributed by atoms with van der Waals surface area (Å²) in [7, 11) is 1.72. The van der Waals surface area contributed by atoms with Crippen LogP contribution in [0.5, 0.6) is 0 Å². The second-order valence-electron chi connectivity index (χ2n) is 6.16. The number of hydrogen-bond donors (Lipinski definition) is 1. The van der Waals surface area contributed by atoms with E-state index in [1.165, 1.54) is 16.4 Å². The van der Waals surface area contributed by atoms with Crippen molar-refractivity contribution in [3.63, 3.8) is 0 Å². The van der Waals surface area contributed by atoms with Gasteiger partial charge in [0.2, 0.25) is 0 Å². The third kappa shape index (κ3) is 1.83. The van der Waals surface area contributed by atoms with Gasteiger partial charge in [-0.2, -0.15) is 5.10 Å². The second kappa shape index (κ2) is 4.35. The highest BCUT2D eigenvalue weighted by atomic mass is 16.5. The predicted octanol–water partition coefficient (Wildman–Crippen LogP) is 0.672. The van der Waals surface area contributed by atoms with Gasteiger partial charge in [-0.1, -0.05) is 19.9 Å². The van der Waals surface area contributed by atoms with E-state index in [2.05, 4.69) is 37.2 Å². The SMILES string of the molecule is COC1=C2C=c3c(cnn3C[C@@H](C)N)=C2C(C)(C)C=C1. The molecule has 0 aromatic carbocycles. The molecule has 0 amide bonds. The summed E-state index contributed by atoms with van der Waals surface area (Å²) in [5.41, 5.74) is 8.35. The van der Waals surface area contributed by atoms with E-state index >= 15 is 0 Å². The maximum absolute atomic E-state index is 5.90. The standard InChI is InChI=1S/C16H21N3O/c1-10(17)9-19-13-7-11-14(20-4)5-6-16(2,3)15(11)12(13)8-18-19/h5-8,10H,9,17H2,1-4H3/t10-/m1/s1. The lowest BCUT2D eigenvalue weighted by Gasteiger charge is -2.28. The zero-order valence-electron chi connectivity index (χ0n) is 12.5. The van der Waals surface area contributed by atoms with Gasteiger partial charge < -0.3 is 10.5 Å². The molecular weight excluding hydrogens is 250 g/mol. The van der Waals surface area contributed by atoms with Crippen molar-refractivity contribution < 1.29 is 4.74 Å². The zero-order valence-corrected chi connectivity index (χ0v) is 12.5. The van der Waals surface area contributed by atoms with E-state index < -0.39 is 0 Å². The second-order valence-corrected chi connectivity index (χ2v) is 6.16. The first-order chi connectivity index (χ1) is 9.44. The van der Waals surface area contributed by atoms with E-state index in [4.69, 9.17) is 10.5 Å². The first kappa shape index (κ1) is 13.2. The molecule has 0 unspecified atom stereocenters. The molecule has 3 rings (SSSR count). The molecule has 1 aromatic rings. The normalized spacial score (nSPS) is 20.6. The number of fused-ring (bicyclic) bond motifs is 2. The van der Waals surface area contributed by atoms with Crippen LogP contribution in [0.15, 0.2) is 29.7 Å². The summed E-state index contributed by atoms with van der Waals surface area (Å²) in [5, 5.41) is 6.82. The Morgan fingerprint density at radius 3 is 2.85 bits per heavy atom. The van der Waals surface area contributed by atoms with Crippen LogP contribution in [0.3, 0.4) is 0 Å². The number of hydrogen-bond acceptors (Lipinski definition) is 3. The van der Waals surface area contributed by atoms with E-state index in [0.717, 1.165) is 17.7 Å². The minimum absolute atomic E-state index is 0.0126. The van der Waals surface area contributed by atoms with Gasteiger partial charge in [-0.3, -0.25) is 4.68 Å². The van der Waals surface area contributed by atoms with Crippen molar-refractivity contribution in [1.29, 1.82) is 0 Å². The van der Waals surface area contributed by atoms with Crippen LogP contribution in [0, 0.1) is 5.41 Å². The van der Waals surface area contributed by atoms with E-state index in [9.17, 15) is 0 Å². The maximum Gasteiger partial charge on any atom is 0.126 e. The Hall–Kier alpha value is -1.81. The first-order valence-electron chi connectivity index (χ1n) is 6.96. The number of nitrogens with zero attached hydrogens (tertiary/aromatic N) is 2. The molecule has 1 aromatic heterocycles.